The number of para-hydroxylation sites is 1. The minimum atomic E-state index is -0.586. The molecule has 1 amide bonds. The molecule has 12 heteroatoms. The summed E-state index contributed by atoms with van der Waals surface area (Å²) in [5.41, 5.74) is 1.96. The van der Waals surface area contributed by atoms with Gasteiger partial charge >= 0.3 is 11.7 Å². The van der Waals surface area contributed by atoms with E-state index in [0.717, 1.165) is 11.1 Å². The number of carbonyl (C=O) groups is 2. The van der Waals surface area contributed by atoms with Crippen molar-refractivity contribution in [1.29, 1.82) is 0 Å². The third-order valence-corrected chi connectivity index (χ3v) is 7.00. The number of ether oxygens (including phenoxy) is 4. The molecule has 2 N–H and O–H groups in total. The number of nitro groups is 1. The number of esters is 1. The maximum absolute atomic E-state index is 13.7. The summed E-state index contributed by atoms with van der Waals surface area (Å²) in [6, 6.07) is 14.4. The Morgan fingerprint density at radius 1 is 1.17 bits per heavy atom. The van der Waals surface area contributed by atoms with E-state index in [1.165, 1.54) is 13.2 Å². The molecule has 0 radical (unpaired) electrons. The van der Waals surface area contributed by atoms with Gasteiger partial charge in [-0.1, -0.05) is 12.1 Å². The summed E-state index contributed by atoms with van der Waals surface area (Å²) >= 11 is 0. The normalized spacial score (nSPS) is 14.3. The molecule has 41 heavy (non-hydrogen) atoms. The second kappa shape index (κ2) is 12.1. The molecule has 1 unspecified atom stereocenters. The van der Waals surface area contributed by atoms with Crippen LogP contribution in [0.4, 0.5) is 11.4 Å². The first-order valence-electron chi connectivity index (χ1n) is 13.1. The number of amides is 1. The van der Waals surface area contributed by atoms with Crippen molar-refractivity contribution in [2.45, 2.75) is 25.3 Å². The molecule has 0 bridgehead atoms. The van der Waals surface area contributed by atoms with E-state index in [1.807, 2.05) is 0 Å². The number of hydrogen-bond donors (Lipinski definition) is 2. The molecule has 0 saturated heterocycles. The number of nitrogens with one attached hydrogen (secondary N) is 1. The van der Waals surface area contributed by atoms with Crippen LogP contribution in [-0.4, -0.2) is 60.4 Å². The Morgan fingerprint density at radius 3 is 2.78 bits per heavy atom. The molecule has 0 aromatic heterocycles. The lowest BCUT2D eigenvalue weighted by Gasteiger charge is -2.35. The second-order valence-electron chi connectivity index (χ2n) is 9.49. The maximum atomic E-state index is 13.7. The van der Waals surface area contributed by atoms with E-state index in [9.17, 15) is 19.7 Å². The average Bonchev–Trinajstić information content (AvgIpc) is 3.44. The first kappa shape index (κ1) is 27.7. The van der Waals surface area contributed by atoms with Crippen LogP contribution in [0.5, 0.6) is 23.0 Å². The molecule has 3 aromatic carbocycles. The number of methoxy groups -OCH3 is 1. The van der Waals surface area contributed by atoms with Crippen molar-refractivity contribution in [2.24, 2.45) is 0 Å². The fraction of sp³-hybridized carbons (Fsp3) is 0.310. The van der Waals surface area contributed by atoms with Crippen molar-refractivity contribution in [1.82, 2.24) is 4.90 Å². The van der Waals surface area contributed by atoms with Crippen LogP contribution >= 0.6 is 0 Å². The van der Waals surface area contributed by atoms with Gasteiger partial charge in [0.05, 0.1) is 24.5 Å². The molecule has 0 saturated carbocycles. The molecule has 0 aliphatic carbocycles. The molecule has 0 fully saturated rings. The van der Waals surface area contributed by atoms with Crippen molar-refractivity contribution in [2.75, 3.05) is 38.9 Å². The van der Waals surface area contributed by atoms with E-state index in [-0.39, 0.29) is 42.9 Å². The number of rotatable bonds is 11. The van der Waals surface area contributed by atoms with Gasteiger partial charge in [-0.25, -0.2) is 0 Å². The summed E-state index contributed by atoms with van der Waals surface area (Å²) in [6.07, 6.45) is 0.878. The number of nitrogens with zero attached hydrogens (tertiary/aromatic N) is 2. The third kappa shape index (κ3) is 5.87. The number of nitro benzene ring substituents is 1. The van der Waals surface area contributed by atoms with Crippen molar-refractivity contribution in [3.8, 4) is 23.0 Å². The van der Waals surface area contributed by atoms with Gasteiger partial charge in [-0.15, -0.1) is 0 Å². The predicted octanol–water partition coefficient (Wildman–Crippen LogP) is 4.21. The number of benzene rings is 3. The van der Waals surface area contributed by atoms with Gasteiger partial charge in [-0.3, -0.25) is 19.7 Å². The summed E-state index contributed by atoms with van der Waals surface area (Å²) in [7, 11) is 1.30. The van der Waals surface area contributed by atoms with Crippen molar-refractivity contribution < 1.29 is 38.6 Å². The average molecular weight is 564 g/mol. The van der Waals surface area contributed by atoms with Crippen molar-refractivity contribution in [3.63, 3.8) is 0 Å². The van der Waals surface area contributed by atoms with E-state index in [4.69, 9.17) is 24.1 Å². The van der Waals surface area contributed by atoms with Gasteiger partial charge in [0, 0.05) is 25.3 Å². The van der Waals surface area contributed by atoms with Gasteiger partial charge in [-0.05, 0) is 66.4 Å². The second-order valence-corrected chi connectivity index (χ2v) is 9.49. The van der Waals surface area contributed by atoms with E-state index < -0.39 is 16.9 Å². The van der Waals surface area contributed by atoms with E-state index in [1.54, 1.807) is 53.4 Å². The minimum absolute atomic E-state index is 0.0369. The molecule has 1 atom stereocenters. The van der Waals surface area contributed by atoms with Gasteiger partial charge in [0.1, 0.15) is 11.4 Å². The summed E-state index contributed by atoms with van der Waals surface area (Å²) in [4.78, 5) is 39.0. The summed E-state index contributed by atoms with van der Waals surface area (Å²) in [6.45, 7) is 0.758. The molecular weight excluding hydrogens is 534 g/mol. The van der Waals surface area contributed by atoms with Gasteiger partial charge < -0.3 is 34.3 Å². The largest absolute Gasteiger partial charge is 0.469 e. The van der Waals surface area contributed by atoms with E-state index >= 15 is 0 Å². The van der Waals surface area contributed by atoms with Crippen LogP contribution in [0.1, 0.15) is 40.4 Å². The SMILES string of the molecule is COC(=O)CC(c1ccc2c(c1)OCO2)N1CCc2cc(Oc3cccc(NCCCO)c3[N+](=O)[O-])ccc2C1=O. The molecule has 3 aromatic rings. The van der Waals surface area contributed by atoms with Gasteiger partial charge in [-0.2, -0.15) is 0 Å². The summed E-state index contributed by atoms with van der Waals surface area (Å²) in [5.74, 6) is 0.831. The highest BCUT2D eigenvalue weighted by Gasteiger charge is 2.34. The lowest BCUT2D eigenvalue weighted by atomic mass is 9.94. The van der Waals surface area contributed by atoms with Crippen LogP contribution in [0.15, 0.2) is 54.6 Å². The quantitative estimate of drug-likeness (QED) is 0.150. The highest BCUT2D eigenvalue weighted by molar-refractivity contribution is 5.97. The number of anilines is 1. The Balaban J connectivity index is 1.39. The number of fused-ring (bicyclic) bond motifs is 2. The van der Waals surface area contributed by atoms with Crippen LogP contribution in [0.3, 0.4) is 0 Å². The Kier molecular flexibility index (Phi) is 8.20. The smallest absolute Gasteiger partial charge is 0.334 e. The monoisotopic (exact) mass is 563 g/mol. The lowest BCUT2D eigenvalue weighted by Crippen LogP contribution is -2.41. The minimum Gasteiger partial charge on any atom is -0.469 e. The van der Waals surface area contributed by atoms with Gasteiger partial charge in [0.25, 0.3) is 5.91 Å². The van der Waals surface area contributed by atoms with Crippen molar-refractivity contribution in [3.05, 3.63) is 81.4 Å². The molecule has 2 aliphatic rings. The molecule has 0 spiro atoms. The van der Waals surface area contributed by atoms with Gasteiger partial charge in [0.2, 0.25) is 12.5 Å². The van der Waals surface area contributed by atoms with Crippen LogP contribution in [0.2, 0.25) is 0 Å². The zero-order chi connectivity index (χ0) is 28.9. The fourth-order valence-electron chi connectivity index (χ4n) is 4.98. The summed E-state index contributed by atoms with van der Waals surface area (Å²) < 4.78 is 21.7. The predicted molar refractivity (Wildman–Crippen MR) is 146 cm³/mol. The van der Waals surface area contributed by atoms with Crippen LogP contribution in [0, 0.1) is 10.1 Å². The number of carbonyl (C=O) groups excluding carboxylic acids is 2. The van der Waals surface area contributed by atoms with Gasteiger partial charge in [0.15, 0.2) is 11.5 Å². The topological polar surface area (TPSA) is 150 Å². The first-order valence-corrected chi connectivity index (χ1v) is 13.1. The highest BCUT2D eigenvalue weighted by Crippen LogP contribution is 2.40. The van der Waals surface area contributed by atoms with Crippen LogP contribution in [-0.2, 0) is 16.0 Å². The Bertz CT molecular complexity index is 1480. The highest BCUT2D eigenvalue weighted by atomic mass is 16.7. The van der Waals surface area contributed by atoms with E-state index in [0.29, 0.717) is 48.7 Å². The van der Waals surface area contributed by atoms with Crippen LogP contribution in [0.25, 0.3) is 0 Å². The van der Waals surface area contributed by atoms with E-state index in [2.05, 4.69) is 5.32 Å². The number of aliphatic hydroxyl groups excluding tert-OH is 1. The molecule has 214 valence electrons. The first-order chi connectivity index (χ1) is 19.9. The zero-order valence-corrected chi connectivity index (χ0v) is 22.3. The standard InChI is InChI=1S/C29H29N3O9/c1-38-27(34)16-23(19-6-9-24-26(15-19)40-17-39-24)31-12-10-18-14-20(7-8-21(18)29(31)35)41-25-5-2-4-22(28(25)32(36)37)30-11-3-13-33/h2,4-9,14-15,23,30,33H,3,10-13,16-17H2,1H3. The molecule has 2 heterocycles. The van der Waals surface area contributed by atoms with Crippen molar-refractivity contribution >= 4 is 23.3 Å². The molecule has 5 rings (SSSR count). The Labute approximate surface area is 235 Å². The fourth-order valence-corrected chi connectivity index (χ4v) is 4.98. The zero-order valence-electron chi connectivity index (χ0n) is 22.3. The third-order valence-electron chi connectivity index (χ3n) is 7.00. The maximum Gasteiger partial charge on any atom is 0.334 e. The lowest BCUT2D eigenvalue weighted by molar-refractivity contribution is -0.384. The Hall–Kier alpha value is -4.84. The Morgan fingerprint density at radius 2 is 2.00 bits per heavy atom. The molecule has 12 nitrogen and oxygen atoms in total. The summed E-state index contributed by atoms with van der Waals surface area (Å²) in [5, 5.41) is 23.8. The number of aliphatic hydroxyl groups is 1. The molecule has 2 aliphatic heterocycles. The number of hydrogen-bond acceptors (Lipinski definition) is 10. The molecular formula is C29H29N3O9. The van der Waals surface area contributed by atoms with Crippen LogP contribution < -0.4 is 19.5 Å².